The molecule has 7 heteroatoms. The number of nitrogens with zero attached hydrogens (tertiary/aromatic N) is 1. The van der Waals surface area contributed by atoms with E-state index in [1.807, 2.05) is 0 Å². The van der Waals surface area contributed by atoms with Crippen LogP contribution in [-0.4, -0.2) is 22.8 Å². The summed E-state index contributed by atoms with van der Waals surface area (Å²) in [6, 6.07) is 5.74. The zero-order chi connectivity index (χ0) is 14.8. The maximum absolute atomic E-state index is 12.2. The Kier molecular flexibility index (Phi) is 4.17. The molecule has 20 heavy (non-hydrogen) atoms. The topological polar surface area (TPSA) is 33.6 Å². The zero-order valence-electron chi connectivity index (χ0n) is 11.1. The molecule has 1 unspecified atom stereocenters. The molecule has 2 rings (SSSR count). The smallest absolute Gasteiger partial charge is 0.406 e. The first kappa shape index (κ1) is 15.0. The van der Waals surface area contributed by atoms with E-state index < -0.39 is 6.36 Å². The molecule has 1 aromatic carbocycles. The summed E-state index contributed by atoms with van der Waals surface area (Å²) < 4.78 is 40.3. The fourth-order valence-electron chi connectivity index (χ4n) is 1.67. The number of hydrogen-bond donors (Lipinski definition) is 1. The highest BCUT2D eigenvalue weighted by Gasteiger charge is 2.31. The van der Waals surface area contributed by atoms with Crippen LogP contribution in [0.15, 0.2) is 29.3 Å². The van der Waals surface area contributed by atoms with Gasteiger partial charge in [-0.25, -0.2) is 0 Å². The maximum atomic E-state index is 12.2. The number of benzene rings is 1. The lowest BCUT2D eigenvalue weighted by molar-refractivity contribution is -0.274. The second kappa shape index (κ2) is 5.55. The quantitative estimate of drug-likeness (QED) is 0.905. The SMILES string of the molecule is CCC1(C)CSC(Nc2cccc(OC(F)(F)F)c2)=N1. The summed E-state index contributed by atoms with van der Waals surface area (Å²) in [6.45, 7) is 4.11. The second-order valence-electron chi connectivity index (χ2n) is 4.76. The van der Waals surface area contributed by atoms with Crippen LogP contribution in [0.5, 0.6) is 5.75 Å². The van der Waals surface area contributed by atoms with E-state index in [-0.39, 0.29) is 11.3 Å². The third kappa shape index (κ3) is 4.06. The van der Waals surface area contributed by atoms with Gasteiger partial charge in [-0.15, -0.1) is 13.2 Å². The largest absolute Gasteiger partial charge is 0.573 e. The van der Waals surface area contributed by atoms with Crippen LogP contribution in [0.2, 0.25) is 0 Å². The highest BCUT2D eigenvalue weighted by atomic mass is 32.2. The van der Waals surface area contributed by atoms with Crippen LogP contribution in [0.3, 0.4) is 0 Å². The first-order valence-electron chi connectivity index (χ1n) is 6.15. The fourth-order valence-corrected chi connectivity index (χ4v) is 2.86. The van der Waals surface area contributed by atoms with Crippen LogP contribution in [0, 0.1) is 0 Å². The molecule has 0 amide bonds. The number of anilines is 1. The fraction of sp³-hybridized carbons (Fsp3) is 0.462. The van der Waals surface area contributed by atoms with Crippen molar-refractivity contribution < 1.29 is 17.9 Å². The molecule has 1 aliphatic rings. The Morgan fingerprint density at radius 1 is 1.45 bits per heavy atom. The number of nitrogens with one attached hydrogen (secondary N) is 1. The number of halogens is 3. The predicted octanol–water partition coefficient (Wildman–Crippen LogP) is 4.27. The van der Waals surface area contributed by atoms with Crippen LogP contribution in [-0.2, 0) is 0 Å². The Labute approximate surface area is 119 Å². The molecule has 0 aliphatic carbocycles. The van der Waals surface area contributed by atoms with Crippen molar-refractivity contribution in [2.75, 3.05) is 11.1 Å². The van der Waals surface area contributed by atoms with Gasteiger partial charge in [0.05, 0.1) is 5.54 Å². The van der Waals surface area contributed by atoms with Gasteiger partial charge in [-0.05, 0) is 25.5 Å². The van der Waals surface area contributed by atoms with Gasteiger partial charge < -0.3 is 10.1 Å². The lowest BCUT2D eigenvalue weighted by Crippen LogP contribution is -2.20. The van der Waals surface area contributed by atoms with E-state index in [0.29, 0.717) is 5.69 Å². The number of aliphatic imine (C=N–C) groups is 1. The van der Waals surface area contributed by atoms with Crippen LogP contribution in [0.4, 0.5) is 18.9 Å². The van der Waals surface area contributed by atoms with Gasteiger partial charge in [0.2, 0.25) is 0 Å². The van der Waals surface area contributed by atoms with Gasteiger partial charge in [0, 0.05) is 17.5 Å². The minimum Gasteiger partial charge on any atom is -0.406 e. The van der Waals surface area contributed by atoms with Crippen LogP contribution in [0.25, 0.3) is 0 Å². The molecule has 3 nitrogen and oxygen atoms in total. The summed E-state index contributed by atoms with van der Waals surface area (Å²) in [6.07, 6.45) is -3.76. The number of hydrogen-bond acceptors (Lipinski definition) is 4. The van der Waals surface area contributed by atoms with Gasteiger partial charge in [0.25, 0.3) is 0 Å². The summed E-state index contributed by atoms with van der Waals surface area (Å²) in [5.41, 5.74) is 0.422. The molecular weight excluding hydrogens is 289 g/mol. The van der Waals surface area contributed by atoms with E-state index in [4.69, 9.17) is 0 Å². The Morgan fingerprint density at radius 2 is 2.20 bits per heavy atom. The molecule has 0 fully saturated rings. The van der Waals surface area contributed by atoms with E-state index in [2.05, 4.69) is 28.9 Å². The summed E-state index contributed by atoms with van der Waals surface area (Å²) in [4.78, 5) is 4.54. The highest BCUT2D eigenvalue weighted by Crippen LogP contribution is 2.31. The molecular formula is C13H15F3N2OS. The second-order valence-corrected chi connectivity index (χ2v) is 5.72. The van der Waals surface area contributed by atoms with E-state index in [1.54, 1.807) is 17.8 Å². The van der Waals surface area contributed by atoms with E-state index in [9.17, 15) is 13.2 Å². The molecule has 0 saturated heterocycles. The molecule has 0 aromatic heterocycles. The Hall–Kier alpha value is -1.37. The van der Waals surface area contributed by atoms with Gasteiger partial charge in [-0.3, -0.25) is 4.99 Å². The van der Waals surface area contributed by atoms with Crippen molar-refractivity contribution in [3.8, 4) is 5.75 Å². The van der Waals surface area contributed by atoms with Crippen molar-refractivity contribution in [1.29, 1.82) is 0 Å². The Bertz CT molecular complexity index is 519. The molecule has 0 saturated carbocycles. The van der Waals surface area contributed by atoms with Crippen LogP contribution >= 0.6 is 11.8 Å². The molecule has 1 atom stereocenters. The zero-order valence-corrected chi connectivity index (χ0v) is 11.9. The molecule has 1 aromatic rings. The van der Waals surface area contributed by atoms with Gasteiger partial charge in [-0.1, -0.05) is 24.8 Å². The predicted molar refractivity (Wildman–Crippen MR) is 75.3 cm³/mol. The lowest BCUT2D eigenvalue weighted by atomic mass is 10.0. The van der Waals surface area contributed by atoms with E-state index in [0.717, 1.165) is 17.3 Å². The minimum absolute atomic E-state index is 0.104. The summed E-state index contributed by atoms with van der Waals surface area (Å²) in [5.74, 6) is 0.620. The third-order valence-corrected chi connectivity index (χ3v) is 4.20. The highest BCUT2D eigenvalue weighted by molar-refractivity contribution is 8.14. The molecule has 1 heterocycles. The minimum atomic E-state index is -4.68. The molecule has 0 radical (unpaired) electrons. The van der Waals surface area contributed by atoms with Gasteiger partial charge in [0.15, 0.2) is 5.17 Å². The number of thioether (sulfide) groups is 1. The van der Waals surface area contributed by atoms with Crippen molar-refractivity contribution in [2.45, 2.75) is 32.2 Å². The average molecular weight is 304 g/mol. The normalized spacial score (nSPS) is 22.6. The summed E-state index contributed by atoms with van der Waals surface area (Å²) >= 11 is 1.56. The van der Waals surface area contributed by atoms with Crippen LogP contribution in [0.1, 0.15) is 20.3 Å². The molecule has 110 valence electrons. The maximum Gasteiger partial charge on any atom is 0.573 e. The number of rotatable bonds is 3. The average Bonchev–Trinajstić information content (AvgIpc) is 2.70. The van der Waals surface area contributed by atoms with Crippen molar-refractivity contribution in [3.63, 3.8) is 0 Å². The first-order chi connectivity index (χ1) is 9.30. The Balaban J connectivity index is 2.08. The Morgan fingerprint density at radius 3 is 2.80 bits per heavy atom. The van der Waals surface area contributed by atoms with Gasteiger partial charge >= 0.3 is 6.36 Å². The third-order valence-electron chi connectivity index (χ3n) is 2.97. The van der Waals surface area contributed by atoms with Crippen molar-refractivity contribution >= 4 is 22.6 Å². The standard InChI is InChI=1S/C13H15F3N2OS/c1-3-12(2)8-20-11(18-12)17-9-5-4-6-10(7-9)19-13(14,15)16/h4-7H,3,8H2,1-2H3,(H,17,18). The number of amidine groups is 1. The summed E-state index contributed by atoms with van der Waals surface area (Å²) in [5, 5.41) is 3.74. The van der Waals surface area contributed by atoms with Gasteiger partial charge in [0.1, 0.15) is 5.75 Å². The number of alkyl halides is 3. The van der Waals surface area contributed by atoms with Crippen molar-refractivity contribution in [3.05, 3.63) is 24.3 Å². The van der Waals surface area contributed by atoms with Crippen molar-refractivity contribution in [2.24, 2.45) is 4.99 Å². The first-order valence-corrected chi connectivity index (χ1v) is 7.14. The molecule has 1 aliphatic heterocycles. The summed E-state index contributed by atoms with van der Waals surface area (Å²) in [7, 11) is 0. The lowest BCUT2D eigenvalue weighted by Gasteiger charge is -2.15. The van der Waals surface area contributed by atoms with E-state index >= 15 is 0 Å². The van der Waals surface area contributed by atoms with Gasteiger partial charge in [-0.2, -0.15) is 0 Å². The molecule has 0 bridgehead atoms. The van der Waals surface area contributed by atoms with E-state index in [1.165, 1.54) is 18.2 Å². The van der Waals surface area contributed by atoms with Crippen molar-refractivity contribution in [1.82, 2.24) is 0 Å². The van der Waals surface area contributed by atoms with Crippen LogP contribution < -0.4 is 10.1 Å². The molecule has 0 spiro atoms. The molecule has 1 N–H and O–H groups in total. The number of ether oxygens (including phenoxy) is 1. The monoisotopic (exact) mass is 304 g/mol.